The molecular weight excluding hydrogens is 478 g/mol. The summed E-state index contributed by atoms with van der Waals surface area (Å²) >= 11 is 0. The number of rotatable bonds is 15. The predicted octanol–water partition coefficient (Wildman–Crippen LogP) is 4.65. The molecule has 2 aliphatic rings. The van der Waals surface area contributed by atoms with Crippen LogP contribution in [0, 0.1) is 11.8 Å². The van der Waals surface area contributed by atoms with Crippen LogP contribution in [0.2, 0.25) is 0 Å². The second-order valence-corrected chi connectivity index (χ2v) is 11.2. The summed E-state index contributed by atoms with van der Waals surface area (Å²) in [5.74, 6) is 0.932. The Morgan fingerprint density at radius 1 is 1.00 bits per heavy atom. The second kappa shape index (κ2) is 14.8. The van der Waals surface area contributed by atoms with E-state index in [4.69, 9.17) is 9.47 Å². The van der Waals surface area contributed by atoms with Gasteiger partial charge in [0.2, 0.25) is 0 Å². The van der Waals surface area contributed by atoms with Gasteiger partial charge in [0.15, 0.2) is 0 Å². The third kappa shape index (κ3) is 7.45. The zero-order valence-corrected chi connectivity index (χ0v) is 23.4. The molecule has 1 saturated heterocycles. The Kier molecular flexibility index (Phi) is 11.2. The van der Waals surface area contributed by atoms with Gasteiger partial charge in [0.25, 0.3) is 10.9 Å². The van der Waals surface area contributed by atoms with Gasteiger partial charge in [-0.1, -0.05) is 69.4 Å². The molecule has 2 N–H and O–H groups in total. The number of piperidine rings is 1. The predicted molar refractivity (Wildman–Crippen MR) is 155 cm³/mol. The number of nitrogens with one attached hydrogen (secondary N) is 2. The molecule has 4 rings (SSSR count). The van der Waals surface area contributed by atoms with Crippen molar-refractivity contribution in [2.45, 2.75) is 76.9 Å². The minimum atomic E-state index is -0.359. The van der Waals surface area contributed by atoms with Crippen molar-refractivity contribution in [1.82, 2.24) is 5.32 Å². The van der Waals surface area contributed by atoms with Crippen LogP contribution in [0.15, 0.2) is 39.9 Å². The zero-order valence-electron chi connectivity index (χ0n) is 23.4. The Labute approximate surface area is 228 Å². The molecule has 2 aromatic carbocycles. The first-order valence-corrected chi connectivity index (χ1v) is 14.8. The number of ether oxygens (including phenoxy) is 2. The highest BCUT2D eigenvalue weighted by Gasteiger charge is 2.34. The van der Waals surface area contributed by atoms with Gasteiger partial charge in [-0.25, -0.2) is 0 Å². The zero-order chi connectivity index (χ0) is 26.7. The minimum Gasteiger partial charge on any atom is -0.385 e. The highest BCUT2D eigenvalue weighted by molar-refractivity contribution is 5.75. The molecule has 0 bridgehead atoms. The van der Waals surface area contributed by atoms with Crippen molar-refractivity contribution in [2.24, 2.45) is 11.8 Å². The average molecular weight is 526 g/mol. The Hall–Kier alpha value is -2.22. The Morgan fingerprint density at radius 3 is 2.53 bits per heavy atom. The lowest BCUT2D eigenvalue weighted by Crippen LogP contribution is -2.49. The van der Waals surface area contributed by atoms with E-state index in [0.717, 1.165) is 45.3 Å². The van der Waals surface area contributed by atoms with Crippen LogP contribution < -0.4 is 26.4 Å². The van der Waals surface area contributed by atoms with Crippen LogP contribution in [-0.2, 0) is 9.47 Å². The standard InChI is InChI=1S/C31H47N3O4/c1-3-32-21-26(20-23-12-6-4-7-13-23)33-27-28(30(36)29(27)35)34-17-10-16-25(22-34)31(38-19-11-18-37-2)24-14-8-5-9-15-24/h5,8-9,14-15,23,25-26,31-33H,3-4,6-7,10-13,16-22H2,1-2H3. The smallest absolute Gasteiger partial charge is 0.253 e. The van der Waals surface area contributed by atoms with Crippen LogP contribution in [0.3, 0.4) is 0 Å². The molecule has 1 aliphatic carbocycles. The van der Waals surface area contributed by atoms with E-state index in [-0.39, 0.29) is 28.9 Å². The summed E-state index contributed by atoms with van der Waals surface area (Å²) in [6.07, 6.45) is 10.3. The SMILES string of the molecule is CCNCC(CC1CCCCC1)Nc1c(N2CCCC(C(OCCCOC)c3ccccc3)C2)c(=O)c1=O. The maximum atomic E-state index is 12.9. The first-order valence-electron chi connectivity index (χ1n) is 14.8. The van der Waals surface area contributed by atoms with Crippen molar-refractivity contribution >= 4 is 11.4 Å². The minimum absolute atomic E-state index is 0.0495. The molecule has 0 amide bonds. The van der Waals surface area contributed by atoms with E-state index < -0.39 is 0 Å². The molecule has 1 saturated carbocycles. The molecule has 7 heteroatoms. The molecule has 210 valence electrons. The molecule has 38 heavy (non-hydrogen) atoms. The quantitative estimate of drug-likeness (QED) is 0.259. The van der Waals surface area contributed by atoms with Crippen molar-refractivity contribution in [1.29, 1.82) is 0 Å². The summed E-state index contributed by atoms with van der Waals surface area (Å²) < 4.78 is 11.6. The van der Waals surface area contributed by atoms with Gasteiger partial charge >= 0.3 is 0 Å². The lowest BCUT2D eigenvalue weighted by molar-refractivity contribution is -0.00235. The van der Waals surface area contributed by atoms with E-state index in [0.29, 0.717) is 37.1 Å². The van der Waals surface area contributed by atoms with Gasteiger partial charge in [-0.05, 0) is 43.7 Å². The molecule has 0 spiro atoms. The van der Waals surface area contributed by atoms with E-state index in [2.05, 4.69) is 46.7 Å². The van der Waals surface area contributed by atoms with E-state index >= 15 is 0 Å². The third-order valence-corrected chi connectivity index (χ3v) is 8.34. The first kappa shape index (κ1) is 28.8. The van der Waals surface area contributed by atoms with Crippen LogP contribution in [0.25, 0.3) is 0 Å². The highest BCUT2D eigenvalue weighted by Crippen LogP contribution is 2.36. The van der Waals surface area contributed by atoms with Crippen molar-refractivity contribution in [3.63, 3.8) is 0 Å². The monoisotopic (exact) mass is 525 g/mol. The molecule has 2 fully saturated rings. The third-order valence-electron chi connectivity index (χ3n) is 8.34. The molecule has 7 nitrogen and oxygen atoms in total. The van der Waals surface area contributed by atoms with Gasteiger partial charge in [0.05, 0.1) is 6.10 Å². The fraction of sp³-hybridized carbons (Fsp3) is 0.677. The average Bonchev–Trinajstić information content (AvgIpc) is 2.96. The van der Waals surface area contributed by atoms with Crippen LogP contribution in [0.5, 0.6) is 0 Å². The van der Waals surface area contributed by atoms with Crippen LogP contribution in [0.4, 0.5) is 11.4 Å². The summed E-state index contributed by atoms with van der Waals surface area (Å²) in [4.78, 5) is 27.9. The highest BCUT2D eigenvalue weighted by atomic mass is 16.5. The van der Waals surface area contributed by atoms with Crippen molar-refractivity contribution in [3.05, 3.63) is 56.3 Å². The molecule has 1 aliphatic heterocycles. The van der Waals surface area contributed by atoms with E-state index in [1.165, 1.54) is 37.7 Å². The Balaban J connectivity index is 1.48. The largest absolute Gasteiger partial charge is 0.385 e. The summed E-state index contributed by atoms with van der Waals surface area (Å²) in [5.41, 5.74) is 1.59. The van der Waals surface area contributed by atoms with Crippen LogP contribution in [-0.4, -0.2) is 52.5 Å². The Morgan fingerprint density at radius 2 is 1.79 bits per heavy atom. The van der Waals surface area contributed by atoms with Crippen molar-refractivity contribution in [2.75, 3.05) is 56.7 Å². The van der Waals surface area contributed by atoms with Gasteiger partial charge in [0.1, 0.15) is 11.4 Å². The van der Waals surface area contributed by atoms with Gasteiger partial charge in [0, 0.05) is 51.9 Å². The normalized spacial score (nSPS) is 20.5. The molecular formula is C31H47N3O4. The number of anilines is 2. The maximum absolute atomic E-state index is 12.9. The van der Waals surface area contributed by atoms with Gasteiger partial charge in [-0.3, -0.25) is 9.59 Å². The fourth-order valence-electron chi connectivity index (χ4n) is 6.38. The molecule has 0 aromatic heterocycles. The molecule has 1 heterocycles. The molecule has 3 unspecified atom stereocenters. The van der Waals surface area contributed by atoms with Crippen LogP contribution >= 0.6 is 0 Å². The van der Waals surface area contributed by atoms with E-state index in [1.54, 1.807) is 7.11 Å². The number of benzene rings is 1. The van der Waals surface area contributed by atoms with Gasteiger partial charge in [-0.2, -0.15) is 0 Å². The topological polar surface area (TPSA) is 79.9 Å². The molecule has 0 radical (unpaired) electrons. The van der Waals surface area contributed by atoms with Crippen molar-refractivity contribution < 1.29 is 9.47 Å². The van der Waals surface area contributed by atoms with Gasteiger partial charge in [-0.15, -0.1) is 0 Å². The maximum Gasteiger partial charge on any atom is 0.253 e. The number of methoxy groups -OCH3 is 1. The lowest BCUT2D eigenvalue weighted by atomic mass is 9.84. The molecule has 2 aromatic rings. The first-order chi connectivity index (χ1) is 18.6. The summed E-state index contributed by atoms with van der Waals surface area (Å²) in [6.45, 7) is 6.61. The summed E-state index contributed by atoms with van der Waals surface area (Å²) in [5, 5.41) is 7.01. The van der Waals surface area contributed by atoms with Crippen LogP contribution in [0.1, 0.15) is 76.4 Å². The van der Waals surface area contributed by atoms with E-state index in [1.807, 2.05) is 6.07 Å². The second-order valence-electron chi connectivity index (χ2n) is 11.2. The summed E-state index contributed by atoms with van der Waals surface area (Å²) in [6, 6.07) is 10.5. The molecule has 3 atom stereocenters. The lowest BCUT2D eigenvalue weighted by Gasteiger charge is -2.39. The van der Waals surface area contributed by atoms with Crippen molar-refractivity contribution in [3.8, 4) is 0 Å². The summed E-state index contributed by atoms with van der Waals surface area (Å²) in [7, 11) is 1.71. The number of hydrogen-bond acceptors (Lipinski definition) is 7. The fourth-order valence-corrected chi connectivity index (χ4v) is 6.38. The number of likely N-dealkylation sites (N-methyl/N-ethyl adjacent to an activating group) is 1. The van der Waals surface area contributed by atoms with Gasteiger partial charge < -0.3 is 25.0 Å². The Bertz CT molecular complexity index is 1030. The number of hydrogen-bond donors (Lipinski definition) is 2. The van der Waals surface area contributed by atoms with E-state index in [9.17, 15) is 9.59 Å². The number of nitrogens with zero attached hydrogens (tertiary/aromatic N) is 1.